The molecule has 1 aliphatic rings. The van der Waals surface area contributed by atoms with Crippen LogP contribution in [0.1, 0.15) is 43.9 Å². The van der Waals surface area contributed by atoms with Crippen molar-refractivity contribution in [3.63, 3.8) is 0 Å². The lowest BCUT2D eigenvalue weighted by Gasteiger charge is -2.32. The largest absolute Gasteiger partial charge is 0.330 e. The van der Waals surface area contributed by atoms with Gasteiger partial charge >= 0.3 is 0 Å². The molecule has 1 aliphatic carbocycles. The highest BCUT2D eigenvalue weighted by atomic mass is 35.5. The fourth-order valence-electron chi connectivity index (χ4n) is 5.58. The minimum Gasteiger partial charge on any atom is -0.330 e. The van der Waals surface area contributed by atoms with E-state index in [-0.39, 0.29) is 42.5 Å². The molecule has 0 bridgehead atoms. The number of imide groups is 1. The van der Waals surface area contributed by atoms with Gasteiger partial charge in [0.05, 0.1) is 17.4 Å². The zero-order valence-corrected chi connectivity index (χ0v) is 26.0. The lowest BCUT2D eigenvalue weighted by atomic mass is 9.81. The average molecular weight is 633 g/mol. The molecule has 236 valence electrons. The van der Waals surface area contributed by atoms with Crippen LogP contribution in [-0.4, -0.2) is 60.9 Å². The number of carbonyl (C=O) groups excluding carboxylic acids is 3. The average Bonchev–Trinajstić information content (AvgIpc) is 3.57. The number of hydrogen-bond donors (Lipinski definition) is 4. The summed E-state index contributed by atoms with van der Waals surface area (Å²) in [6.45, 7) is 3.82. The van der Waals surface area contributed by atoms with E-state index in [4.69, 9.17) is 11.5 Å². The number of aryl methyl sites for hydroxylation is 1. The monoisotopic (exact) mass is 632 g/mol. The summed E-state index contributed by atoms with van der Waals surface area (Å²) >= 11 is 0. The van der Waals surface area contributed by atoms with Crippen LogP contribution in [0.4, 0.5) is 11.6 Å². The lowest BCUT2D eigenvalue weighted by Crippen LogP contribution is -2.50. The van der Waals surface area contributed by atoms with Gasteiger partial charge < -0.3 is 11.5 Å². The predicted octanol–water partition coefficient (Wildman–Crippen LogP) is 3.21. The van der Waals surface area contributed by atoms with Gasteiger partial charge in [0.15, 0.2) is 5.82 Å². The third kappa shape index (κ3) is 7.93. The van der Waals surface area contributed by atoms with E-state index in [0.717, 1.165) is 29.5 Å². The summed E-state index contributed by atoms with van der Waals surface area (Å²) in [6, 6.07) is 13.6. The highest BCUT2D eigenvalue weighted by Gasteiger charge is 2.35. The van der Waals surface area contributed by atoms with Crippen LogP contribution in [-0.2, 0) is 20.8 Å². The Kier molecular flexibility index (Phi) is 11.0. The molecule has 0 radical (unpaired) electrons. The minimum absolute atomic E-state index is 0. The van der Waals surface area contributed by atoms with Crippen LogP contribution in [0.2, 0.25) is 0 Å². The molecule has 1 saturated carbocycles. The summed E-state index contributed by atoms with van der Waals surface area (Å²) in [6.07, 6.45) is 4.90. The Morgan fingerprint density at radius 1 is 1.07 bits per heavy atom. The van der Waals surface area contributed by atoms with Crippen molar-refractivity contribution in [1.82, 2.24) is 30.6 Å². The first-order valence-corrected chi connectivity index (χ1v) is 14.6. The first-order chi connectivity index (χ1) is 21.2. The Labute approximate surface area is 267 Å². The van der Waals surface area contributed by atoms with Gasteiger partial charge in [-0.3, -0.25) is 19.7 Å². The molecule has 1 fully saturated rings. The molecule has 0 aliphatic heterocycles. The molecule has 3 amide bonds. The Morgan fingerprint density at radius 2 is 1.80 bits per heavy atom. The predicted molar refractivity (Wildman–Crippen MR) is 172 cm³/mol. The second kappa shape index (κ2) is 14.9. The number of anilines is 2. The van der Waals surface area contributed by atoms with Crippen LogP contribution in [0, 0.1) is 18.8 Å². The summed E-state index contributed by atoms with van der Waals surface area (Å²) < 4.78 is 0. The van der Waals surface area contributed by atoms with Crippen LogP contribution in [0.3, 0.4) is 0 Å². The van der Waals surface area contributed by atoms with Crippen molar-refractivity contribution in [2.45, 2.75) is 52.0 Å². The third-order valence-corrected chi connectivity index (χ3v) is 7.99. The maximum Gasteiger partial charge on any atom is 0.251 e. The fraction of sp³-hybridized carbons (Fsp3) is 0.355. The van der Waals surface area contributed by atoms with Gasteiger partial charge in [0.2, 0.25) is 17.8 Å². The van der Waals surface area contributed by atoms with Crippen molar-refractivity contribution in [3.05, 3.63) is 66.0 Å². The molecule has 0 spiro atoms. The zero-order chi connectivity index (χ0) is 31.2. The summed E-state index contributed by atoms with van der Waals surface area (Å²) in [5.74, 6) is -0.179. The van der Waals surface area contributed by atoms with Crippen LogP contribution in [0.5, 0.6) is 0 Å². The second-order valence-corrected chi connectivity index (χ2v) is 11.1. The number of carbonyl (C=O) groups is 3. The molecule has 2 heterocycles. The maximum atomic E-state index is 14.0. The van der Waals surface area contributed by atoms with E-state index in [1.54, 1.807) is 30.5 Å². The van der Waals surface area contributed by atoms with E-state index in [9.17, 15) is 14.4 Å². The number of H-pyrrole nitrogens is 1. The summed E-state index contributed by atoms with van der Waals surface area (Å²) in [4.78, 5) is 49.1. The second-order valence-electron chi connectivity index (χ2n) is 11.1. The van der Waals surface area contributed by atoms with Gasteiger partial charge in [0.25, 0.3) is 5.91 Å². The van der Waals surface area contributed by atoms with Crippen LogP contribution >= 0.6 is 12.4 Å². The number of amides is 3. The van der Waals surface area contributed by atoms with Crippen molar-refractivity contribution in [2.24, 2.45) is 23.3 Å². The summed E-state index contributed by atoms with van der Waals surface area (Å²) in [5, 5.41) is 16.4. The molecule has 6 N–H and O–H groups in total. The van der Waals surface area contributed by atoms with Crippen LogP contribution in [0.25, 0.3) is 22.5 Å². The minimum atomic E-state index is -0.979. The fourth-order valence-corrected chi connectivity index (χ4v) is 5.58. The number of hydrogen-bond acceptors (Lipinski definition) is 10. The smallest absolute Gasteiger partial charge is 0.251 e. The van der Waals surface area contributed by atoms with E-state index < -0.39 is 11.9 Å². The van der Waals surface area contributed by atoms with Crippen molar-refractivity contribution >= 4 is 41.8 Å². The Morgan fingerprint density at radius 3 is 2.42 bits per heavy atom. The third-order valence-electron chi connectivity index (χ3n) is 7.99. The van der Waals surface area contributed by atoms with Crippen LogP contribution < -0.4 is 21.7 Å². The number of rotatable bonds is 9. The molecule has 0 unspecified atom stereocenters. The quantitative estimate of drug-likeness (QED) is 0.212. The van der Waals surface area contributed by atoms with E-state index in [2.05, 4.69) is 35.9 Å². The SMILES string of the molecule is CC(=O)Nc1ncc(-c2cccc(C[C@H](N)C(=O)N(c3ccc(-c4nnn[nH]4)cc3)C(=O)[C@H]3CC[C@H](CN)CC3)c2)c(C)n1.Cl. The first kappa shape index (κ1) is 33.3. The molecule has 5 rings (SSSR count). The number of nitrogens with one attached hydrogen (secondary N) is 2. The highest BCUT2D eigenvalue weighted by Crippen LogP contribution is 2.32. The molecule has 13 nitrogen and oxygen atoms in total. The molecule has 2 aromatic heterocycles. The van der Waals surface area contributed by atoms with E-state index in [1.165, 1.54) is 11.8 Å². The Bertz CT molecular complexity index is 1620. The highest BCUT2D eigenvalue weighted by molar-refractivity contribution is 6.17. The van der Waals surface area contributed by atoms with E-state index in [1.807, 2.05) is 31.2 Å². The molecule has 2 aromatic carbocycles. The van der Waals surface area contributed by atoms with Crippen molar-refractivity contribution in [3.8, 4) is 22.5 Å². The topological polar surface area (TPSA) is 199 Å². The number of benzene rings is 2. The van der Waals surface area contributed by atoms with Gasteiger partial charge in [-0.25, -0.2) is 20.0 Å². The van der Waals surface area contributed by atoms with E-state index in [0.29, 0.717) is 48.1 Å². The molecule has 4 aromatic rings. The van der Waals surface area contributed by atoms with Gasteiger partial charge in [-0.05, 0) is 97.3 Å². The number of tetrazole rings is 1. The zero-order valence-electron chi connectivity index (χ0n) is 25.1. The van der Waals surface area contributed by atoms with Gasteiger partial charge in [0.1, 0.15) is 0 Å². The molecule has 14 heteroatoms. The van der Waals surface area contributed by atoms with Gasteiger partial charge in [-0.2, -0.15) is 0 Å². The Balaban J connectivity index is 0.00000461. The number of aromatic nitrogens is 6. The lowest BCUT2D eigenvalue weighted by molar-refractivity contribution is -0.130. The van der Waals surface area contributed by atoms with Crippen LogP contribution in [0.15, 0.2) is 54.7 Å². The van der Waals surface area contributed by atoms with Crippen molar-refractivity contribution in [1.29, 1.82) is 0 Å². The van der Waals surface area contributed by atoms with Gasteiger partial charge in [0, 0.05) is 30.2 Å². The first-order valence-electron chi connectivity index (χ1n) is 14.6. The number of nitrogens with zero attached hydrogens (tertiary/aromatic N) is 6. The van der Waals surface area contributed by atoms with Crippen molar-refractivity contribution < 1.29 is 14.4 Å². The molecule has 1 atom stereocenters. The molecule has 0 saturated heterocycles. The van der Waals surface area contributed by atoms with E-state index >= 15 is 0 Å². The molecule has 45 heavy (non-hydrogen) atoms. The standard InChI is InChI=1S/C31H36N10O3.ClH/c1-18-26(17-34-31(35-18)36-19(2)42)24-5-3-4-21(14-24)15-27(33)30(44)41(29(43)23-8-6-20(16-32)7-9-23)25-12-10-22(11-13-25)28-37-39-40-38-28;/h3-5,10-14,17,20,23,27H,6-9,15-16,32-33H2,1-2H3,(H,34,35,36,42)(H,37,38,39,40);1H/t20-,23-,27-;/m0./s1. The number of nitrogens with two attached hydrogens (primary N) is 2. The number of aromatic amines is 1. The summed E-state index contributed by atoms with van der Waals surface area (Å²) in [5.41, 5.74) is 16.7. The maximum absolute atomic E-state index is 14.0. The van der Waals surface area contributed by atoms with Gasteiger partial charge in [-0.1, -0.05) is 24.3 Å². The Hall–Kier alpha value is -4.59. The number of halogens is 1. The summed E-state index contributed by atoms with van der Waals surface area (Å²) in [7, 11) is 0. The van der Waals surface area contributed by atoms with Gasteiger partial charge in [-0.15, -0.1) is 17.5 Å². The molecular formula is C31H37ClN10O3. The van der Waals surface area contributed by atoms with Crippen molar-refractivity contribution in [2.75, 3.05) is 16.8 Å². The normalized spacial score (nSPS) is 16.7. The molecular weight excluding hydrogens is 596 g/mol.